The number of nitrogens with zero attached hydrogens (tertiary/aromatic N) is 1. The van der Waals surface area contributed by atoms with Crippen LogP contribution >= 0.6 is 11.8 Å². The van der Waals surface area contributed by atoms with E-state index in [0.29, 0.717) is 5.84 Å². The van der Waals surface area contributed by atoms with Gasteiger partial charge in [0, 0.05) is 29.5 Å². The predicted octanol–water partition coefficient (Wildman–Crippen LogP) is 2.17. The predicted molar refractivity (Wildman–Crippen MR) is 73.3 cm³/mol. The molecule has 1 heterocycles. The molecule has 1 atom stereocenters. The van der Waals surface area contributed by atoms with Crippen LogP contribution in [0.25, 0.3) is 0 Å². The minimum absolute atomic E-state index is 0.147. The summed E-state index contributed by atoms with van der Waals surface area (Å²) in [6.07, 6.45) is 2.25. The van der Waals surface area contributed by atoms with Crippen molar-refractivity contribution in [2.45, 2.75) is 38.9 Å². The van der Waals surface area contributed by atoms with Gasteiger partial charge < -0.3 is 10.6 Å². The molecule has 0 aliphatic carbocycles. The molecule has 0 aromatic carbocycles. The number of nitrogens with one attached hydrogen (secondary N) is 1. The maximum atomic E-state index is 7.55. The minimum Gasteiger partial charge on any atom is -0.387 e. The summed E-state index contributed by atoms with van der Waals surface area (Å²) in [6.45, 7) is 9.85. The third-order valence-electron chi connectivity index (χ3n) is 3.46. The molecule has 1 unspecified atom stereocenters. The molecule has 0 amide bonds. The zero-order chi connectivity index (χ0) is 12.2. The van der Waals surface area contributed by atoms with Gasteiger partial charge in [-0.2, -0.15) is 11.8 Å². The van der Waals surface area contributed by atoms with Crippen molar-refractivity contribution in [3.63, 3.8) is 0 Å². The highest BCUT2D eigenvalue weighted by molar-refractivity contribution is 8.00. The first-order valence-electron chi connectivity index (χ1n) is 6.14. The average molecular weight is 243 g/mol. The van der Waals surface area contributed by atoms with E-state index in [1.165, 1.54) is 25.3 Å². The van der Waals surface area contributed by atoms with Gasteiger partial charge in [-0.3, -0.25) is 5.41 Å². The number of nitrogens with two attached hydrogens (primary N) is 1. The lowest BCUT2D eigenvalue weighted by molar-refractivity contribution is 0.251. The Balaban J connectivity index is 2.35. The van der Waals surface area contributed by atoms with E-state index in [2.05, 4.69) is 37.4 Å². The van der Waals surface area contributed by atoms with Gasteiger partial charge in [0.25, 0.3) is 0 Å². The number of thioether (sulfide) groups is 1. The third-order valence-corrected chi connectivity index (χ3v) is 4.83. The van der Waals surface area contributed by atoms with Gasteiger partial charge >= 0.3 is 0 Å². The van der Waals surface area contributed by atoms with E-state index in [0.717, 1.165) is 18.2 Å². The van der Waals surface area contributed by atoms with E-state index in [-0.39, 0.29) is 5.41 Å². The van der Waals surface area contributed by atoms with E-state index < -0.39 is 0 Å². The van der Waals surface area contributed by atoms with E-state index in [1.807, 2.05) is 0 Å². The molecule has 0 radical (unpaired) electrons. The average Bonchev–Trinajstić information content (AvgIpc) is 2.26. The first kappa shape index (κ1) is 13.8. The zero-order valence-electron chi connectivity index (χ0n) is 10.8. The SMILES string of the molecule is CCC1CN(CCC(C)(C)C(=N)N)CCS1. The highest BCUT2D eigenvalue weighted by atomic mass is 32.2. The van der Waals surface area contributed by atoms with Crippen LogP contribution in [0.4, 0.5) is 0 Å². The van der Waals surface area contributed by atoms with Crippen LogP contribution in [0.2, 0.25) is 0 Å². The van der Waals surface area contributed by atoms with Crippen LogP contribution in [-0.4, -0.2) is 41.4 Å². The van der Waals surface area contributed by atoms with Crippen molar-refractivity contribution in [3.8, 4) is 0 Å². The van der Waals surface area contributed by atoms with Gasteiger partial charge in [0.2, 0.25) is 0 Å². The number of rotatable bonds is 5. The second-order valence-corrected chi connectivity index (χ2v) is 6.66. The Bertz CT molecular complexity index is 240. The molecule has 1 fully saturated rings. The van der Waals surface area contributed by atoms with Crippen LogP contribution in [0, 0.1) is 10.8 Å². The van der Waals surface area contributed by atoms with Crippen LogP contribution in [0.1, 0.15) is 33.6 Å². The third kappa shape index (κ3) is 3.98. The molecule has 4 heteroatoms. The van der Waals surface area contributed by atoms with Gasteiger partial charge in [-0.05, 0) is 19.4 Å². The van der Waals surface area contributed by atoms with Crippen LogP contribution in [-0.2, 0) is 0 Å². The molecule has 94 valence electrons. The maximum absolute atomic E-state index is 7.55. The van der Waals surface area contributed by atoms with Gasteiger partial charge in [-0.1, -0.05) is 20.8 Å². The molecule has 0 aromatic rings. The second kappa shape index (κ2) is 5.92. The van der Waals surface area contributed by atoms with E-state index in [1.54, 1.807) is 0 Å². The lowest BCUT2D eigenvalue weighted by atomic mass is 9.88. The fraction of sp³-hybridized carbons (Fsp3) is 0.917. The molecule has 3 N–H and O–H groups in total. The summed E-state index contributed by atoms with van der Waals surface area (Å²) < 4.78 is 0. The van der Waals surface area contributed by atoms with Crippen molar-refractivity contribution in [1.29, 1.82) is 5.41 Å². The summed E-state index contributed by atoms with van der Waals surface area (Å²) >= 11 is 2.10. The van der Waals surface area contributed by atoms with E-state index in [9.17, 15) is 0 Å². The quantitative estimate of drug-likeness (QED) is 0.575. The summed E-state index contributed by atoms with van der Waals surface area (Å²) in [7, 11) is 0. The molecule has 1 aliphatic heterocycles. The first-order chi connectivity index (χ1) is 7.45. The van der Waals surface area contributed by atoms with Crippen LogP contribution in [0.5, 0.6) is 0 Å². The highest BCUT2D eigenvalue weighted by Gasteiger charge is 2.24. The van der Waals surface area contributed by atoms with E-state index >= 15 is 0 Å². The topological polar surface area (TPSA) is 53.1 Å². The lowest BCUT2D eigenvalue weighted by Gasteiger charge is -2.34. The zero-order valence-corrected chi connectivity index (χ0v) is 11.6. The van der Waals surface area contributed by atoms with Crippen LogP contribution in [0.15, 0.2) is 0 Å². The summed E-state index contributed by atoms with van der Waals surface area (Å²) in [5.41, 5.74) is 5.45. The molecule has 0 aromatic heterocycles. The molecule has 0 saturated carbocycles. The smallest absolute Gasteiger partial charge is 0.0963 e. The van der Waals surface area contributed by atoms with Gasteiger partial charge in [0.1, 0.15) is 0 Å². The molecule has 0 bridgehead atoms. The Hall–Kier alpha value is -0.220. The summed E-state index contributed by atoms with van der Waals surface area (Å²) in [5.74, 6) is 1.56. The Kier molecular flexibility index (Phi) is 5.12. The molecule has 1 aliphatic rings. The number of amidine groups is 1. The Morgan fingerprint density at radius 2 is 2.25 bits per heavy atom. The molecule has 1 rings (SSSR count). The standard InChI is InChI=1S/C12H25N3S/c1-4-10-9-15(7-8-16-10)6-5-12(2,3)11(13)14/h10H,4-9H2,1-3H3,(H3,13,14). The second-order valence-electron chi connectivity index (χ2n) is 5.25. The largest absolute Gasteiger partial charge is 0.387 e. The van der Waals surface area contributed by atoms with Crippen LogP contribution in [0.3, 0.4) is 0 Å². The number of hydrogen-bond acceptors (Lipinski definition) is 3. The highest BCUT2D eigenvalue weighted by Crippen LogP contribution is 2.24. The summed E-state index contributed by atoms with van der Waals surface area (Å²) in [6, 6.07) is 0. The summed E-state index contributed by atoms with van der Waals surface area (Å²) in [5, 5.41) is 8.35. The molecular weight excluding hydrogens is 218 g/mol. The Morgan fingerprint density at radius 1 is 1.56 bits per heavy atom. The molecule has 16 heavy (non-hydrogen) atoms. The normalized spacial score (nSPS) is 23.3. The van der Waals surface area contributed by atoms with Gasteiger partial charge in [0.05, 0.1) is 5.84 Å². The fourth-order valence-corrected chi connectivity index (χ4v) is 3.05. The van der Waals surface area contributed by atoms with Crippen LogP contribution < -0.4 is 5.73 Å². The van der Waals surface area contributed by atoms with E-state index in [4.69, 9.17) is 11.1 Å². The fourth-order valence-electron chi connectivity index (χ4n) is 1.80. The summed E-state index contributed by atoms with van der Waals surface area (Å²) in [4.78, 5) is 2.52. The maximum Gasteiger partial charge on any atom is 0.0963 e. The van der Waals surface area contributed by atoms with Crippen molar-refractivity contribution < 1.29 is 0 Å². The van der Waals surface area contributed by atoms with Gasteiger partial charge in [-0.25, -0.2) is 0 Å². The monoisotopic (exact) mass is 243 g/mol. The van der Waals surface area contributed by atoms with Crippen molar-refractivity contribution >= 4 is 17.6 Å². The van der Waals surface area contributed by atoms with Gasteiger partial charge in [-0.15, -0.1) is 0 Å². The van der Waals surface area contributed by atoms with Crippen molar-refractivity contribution in [1.82, 2.24) is 4.90 Å². The Labute approximate surface area is 104 Å². The first-order valence-corrected chi connectivity index (χ1v) is 7.19. The molecule has 0 spiro atoms. The molecular formula is C12H25N3S. The minimum atomic E-state index is -0.147. The molecule has 3 nitrogen and oxygen atoms in total. The number of hydrogen-bond donors (Lipinski definition) is 2. The van der Waals surface area contributed by atoms with Gasteiger partial charge in [0.15, 0.2) is 0 Å². The molecule has 1 saturated heterocycles. The lowest BCUT2D eigenvalue weighted by Crippen LogP contribution is -2.41. The van der Waals surface area contributed by atoms with Crippen molar-refractivity contribution in [3.05, 3.63) is 0 Å². The van der Waals surface area contributed by atoms with Crippen molar-refractivity contribution in [2.24, 2.45) is 11.1 Å². The Morgan fingerprint density at radius 3 is 2.81 bits per heavy atom. The van der Waals surface area contributed by atoms with Crippen molar-refractivity contribution in [2.75, 3.05) is 25.4 Å².